The number of halogens is 2. The number of esters is 1. The number of hydrogen-bond acceptors (Lipinski definition) is 4. The Morgan fingerprint density at radius 3 is 2.53 bits per heavy atom. The van der Waals surface area contributed by atoms with Crippen LogP contribution in [-0.4, -0.2) is 18.9 Å². The van der Waals surface area contributed by atoms with Crippen LogP contribution in [0, 0.1) is 0 Å². The zero-order valence-electron chi connectivity index (χ0n) is 9.78. The predicted molar refractivity (Wildman–Crippen MR) is 72.6 cm³/mol. The zero-order chi connectivity index (χ0) is 14.0. The lowest BCUT2D eigenvalue weighted by Crippen LogP contribution is -2.02. The van der Waals surface area contributed by atoms with Gasteiger partial charge in [0.2, 0.25) is 11.5 Å². The fourth-order valence-electron chi connectivity index (χ4n) is 1.48. The Morgan fingerprint density at radius 1 is 1.21 bits per heavy atom. The molecule has 1 heterocycles. The van der Waals surface area contributed by atoms with Crippen molar-refractivity contribution in [3.63, 3.8) is 0 Å². The number of benzene rings is 1. The first kappa shape index (κ1) is 13.8. The molecule has 0 aliphatic carbocycles. The molecule has 19 heavy (non-hydrogen) atoms. The maximum absolute atomic E-state index is 12.2. The van der Waals surface area contributed by atoms with Crippen LogP contribution in [0.5, 0.6) is 0 Å². The van der Waals surface area contributed by atoms with E-state index in [0.29, 0.717) is 10.6 Å². The van der Waals surface area contributed by atoms with E-state index in [0.717, 1.165) is 4.47 Å². The van der Waals surface area contributed by atoms with Crippen LogP contribution in [0.1, 0.15) is 26.7 Å². The Balaban J connectivity index is 2.34. The summed E-state index contributed by atoms with van der Waals surface area (Å²) in [7, 11) is 1.23. The number of furan rings is 1. The van der Waals surface area contributed by atoms with Crippen molar-refractivity contribution in [3.8, 4) is 0 Å². The topological polar surface area (TPSA) is 56.5 Å². The first-order valence-electron chi connectivity index (χ1n) is 5.21. The Hall–Kier alpha value is -1.59. The molecule has 0 saturated heterocycles. The highest BCUT2D eigenvalue weighted by molar-refractivity contribution is 9.10. The molecule has 2 rings (SSSR count). The number of hydrogen-bond donors (Lipinski definition) is 0. The van der Waals surface area contributed by atoms with E-state index >= 15 is 0 Å². The van der Waals surface area contributed by atoms with Gasteiger partial charge < -0.3 is 9.15 Å². The van der Waals surface area contributed by atoms with Gasteiger partial charge in [0.05, 0.1) is 12.1 Å². The van der Waals surface area contributed by atoms with Crippen molar-refractivity contribution in [1.29, 1.82) is 0 Å². The van der Waals surface area contributed by atoms with Crippen molar-refractivity contribution in [3.05, 3.63) is 56.9 Å². The van der Waals surface area contributed by atoms with Crippen LogP contribution in [-0.2, 0) is 4.74 Å². The average Bonchev–Trinajstić information content (AvgIpc) is 2.86. The van der Waals surface area contributed by atoms with Crippen LogP contribution in [0.25, 0.3) is 0 Å². The lowest BCUT2D eigenvalue weighted by Gasteiger charge is -2.01. The average molecular weight is 344 g/mol. The summed E-state index contributed by atoms with van der Waals surface area (Å²) in [6, 6.07) is 7.68. The minimum absolute atomic E-state index is 0.0286. The molecule has 0 unspecified atom stereocenters. The van der Waals surface area contributed by atoms with Gasteiger partial charge in [-0.05, 0) is 30.3 Å². The quantitative estimate of drug-likeness (QED) is 0.629. The summed E-state index contributed by atoms with van der Waals surface area (Å²) in [4.78, 5) is 23.4. The molecule has 0 fully saturated rings. The summed E-state index contributed by atoms with van der Waals surface area (Å²) in [6.07, 6.45) is 0. The van der Waals surface area contributed by atoms with Gasteiger partial charge in [0.15, 0.2) is 5.76 Å². The summed E-state index contributed by atoms with van der Waals surface area (Å²) in [5, 5.41) is 0.301. The molecule has 6 heteroatoms. The number of ketones is 1. The fourth-order valence-corrected chi connectivity index (χ4v) is 2.24. The Morgan fingerprint density at radius 2 is 1.89 bits per heavy atom. The van der Waals surface area contributed by atoms with Gasteiger partial charge in [-0.3, -0.25) is 4.79 Å². The van der Waals surface area contributed by atoms with Gasteiger partial charge in [-0.25, -0.2) is 4.79 Å². The minimum Gasteiger partial charge on any atom is -0.463 e. The molecule has 0 aliphatic rings. The smallest absolute Gasteiger partial charge is 0.373 e. The number of carbonyl (C=O) groups excluding carboxylic acids is 2. The van der Waals surface area contributed by atoms with Crippen molar-refractivity contribution < 1.29 is 18.7 Å². The van der Waals surface area contributed by atoms with E-state index in [-0.39, 0.29) is 11.5 Å². The fraction of sp³-hybridized carbons (Fsp3) is 0.0769. The number of ether oxygens (including phenoxy) is 1. The Kier molecular flexibility index (Phi) is 4.07. The third kappa shape index (κ3) is 2.88. The lowest BCUT2D eigenvalue weighted by molar-refractivity contribution is 0.0563. The molecule has 0 saturated carbocycles. The molecule has 0 spiro atoms. The van der Waals surface area contributed by atoms with E-state index in [9.17, 15) is 9.59 Å². The van der Waals surface area contributed by atoms with Crippen LogP contribution >= 0.6 is 27.5 Å². The molecule has 98 valence electrons. The highest BCUT2D eigenvalue weighted by atomic mass is 79.9. The van der Waals surface area contributed by atoms with E-state index in [1.807, 2.05) is 0 Å². The monoisotopic (exact) mass is 342 g/mol. The third-order valence-electron chi connectivity index (χ3n) is 2.39. The SMILES string of the molecule is COC(=O)c1ccc(C(=O)c2ccc(Br)cc2Cl)o1. The van der Waals surface area contributed by atoms with Gasteiger partial charge in [-0.2, -0.15) is 0 Å². The summed E-state index contributed by atoms with van der Waals surface area (Å²) >= 11 is 9.24. The van der Waals surface area contributed by atoms with E-state index in [4.69, 9.17) is 16.0 Å². The second-order valence-corrected chi connectivity index (χ2v) is 4.93. The third-order valence-corrected chi connectivity index (χ3v) is 3.20. The van der Waals surface area contributed by atoms with Crippen LogP contribution in [0.4, 0.5) is 0 Å². The maximum Gasteiger partial charge on any atom is 0.373 e. The first-order chi connectivity index (χ1) is 9.02. The standard InChI is InChI=1S/C13H8BrClO4/c1-18-13(17)11-5-4-10(19-11)12(16)8-3-2-7(14)6-9(8)15/h2-6H,1H3. The summed E-state index contributed by atoms with van der Waals surface area (Å²) in [6.45, 7) is 0. The van der Waals surface area contributed by atoms with E-state index in [2.05, 4.69) is 20.7 Å². The zero-order valence-corrected chi connectivity index (χ0v) is 12.1. The number of carbonyl (C=O) groups is 2. The van der Waals surface area contributed by atoms with Gasteiger partial charge >= 0.3 is 5.97 Å². The first-order valence-corrected chi connectivity index (χ1v) is 6.38. The summed E-state index contributed by atoms with van der Waals surface area (Å²) < 4.78 is 10.4. The molecule has 1 aromatic heterocycles. The van der Waals surface area contributed by atoms with Crippen LogP contribution in [0.2, 0.25) is 5.02 Å². The van der Waals surface area contributed by atoms with Gasteiger partial charge in [-0.1, -0.05) is 27.5 Å². The van der Waals surface area contributed by atoms with Gasteiger partial charge in [0.25, 0.3) is 0 Å². The highest BCUT2D eigenvalue weighted by Crippen LogP contribution is 2.24. The van der Waals surface area contributed by atoms with Crippen molar-refractivity contribution >= 4 is 39.3 Å². The molecule has 1 aromatic carbocycles. The largest absolute Gasteiger partial charge is 0.463 e. The summed E-state index contributed by atoms with van der Waals surface area (Å²) in [5.74, 6) is -1.03. The molecular weight excluding hydrogens is 335 g/mol. The molecule has 0 amide bonds. The van der Waals surface area contributed by atoms with Crippen molar-refractivity contribution in [2.24, 2.45) is 0 Å². The molecule has 2 aromatic rings. The second-order valence-electron chi connectivity index (χ2n) is 3.61. The molecule has 0 radical (unpaired) electrons. The molecule has 0 aliphatic heterocycles. The van der Waals surface area contributed by atoms with Crippen molar-refractivity contribution in [2.75, 3.05) is 7.11 Å². The van der Waals surface area contributed by atoms with E-state index in [1.165, 1.54) is 19.2 Å². The van der Waals surface area contributed by atoms with E-state index < -0.39 is 11.8 Å². The lowest BCUT2D eigenvalue weighted by atomic mass is 10.1. The number of methoxy groups -OCH3 is 1. The molecule has 0 bridgehead atoms. The molecular formula is C13H8BrClO4. The van der Waals surface area contributed by atoms with Gasteiger partial charge in [-0.15, -0.1) is 0 Å². The molecule has 4 nitrogen and oxygen atoms in total. The van der Waals surface area contributed by atoms with Crippen LogP contribution < -0.4 is 0 Å². The van der Waals surface area contributed by atoms with Crippen molar-refractivity contribution in [1.82, 2.24) is 0 Å². The predicted octanol–water partition coefficient (Wildman–Crippen LogP) is 3.71. The Labute approximate surface area is 122 Å². The second kappa shape index (κ2) is 5.59. The summed E-state index contributed by atoms with van der Waals surface area (Å²) in [5.41, 5.74) is 0.302. The maximum atomic E-state index is 12.2. The van der Waals surface area contributed by atoms with Gasteiger partial charge in [0.1, 0.15) is 0 Å². The highest BCUT2D eigenvalue weighted by Gasteiger charge is 2.19. The molecule has 0 atom stereocenters. The van der Waals surface area contributed by atoms with Crippen LogP contribution in [0.3, 0.4) is 0 Å². The number of rotatable bonds is 3. The van der Waals surface area contributed by atoms with E-state index in [1.54, 1.807) is 18.2 Å². The van der Waals surface area contributed by atoms with Gasteiger partial charge in [0, 0.05) is 10.0 Å². The van der Waals surface area contributed by atoms with Crippen molar-refractivity contribution in [2.45, 2.75) is 0 Å². The normalized spacial score (nSPS) is 10.3. The van der Waals surface area contributed by atoms with Crippen LogP contribution in [0.15, 0.2) is 39.2 Å². The molecule has 0 N–H and O–H groups in total. The Bertz CT molecular complexity index is 648. The minimum atomic E-state index is -0.638.